The van der Waals surface area contributed by atoms with Gasteiger partial charge in [-0.15, -0.1) is 0 Å². The fourth-order valence-electron chi connectivity index (χ4n) is 2.38. The Morgan fingerprint density at radius 3 is 2.52 bits per heavy atom. The van der Waals surface area contributed by atoms with Crippen LogP contribution in [0.2, 0.25) is 5.02 Å². The predicted molar refractivity (Wildman–Crippen MR) is 90.4 cm³/mol. The first-order valence-electron chi connectivity index (χ1n) is 7.00. The molecule has 1 N–H and O–H groups in total. The van der Waals surface area contributed by atoms with Crippen molar-refractivity contribution < 1.29 is 4.39 Å². The van der Waals surface area contributed by atoms with Crippen LogP contribution in [0, 0.1) is 5.82 Å². The lowest BCUT2D eigenvalue weighted by Crippen LogP contribution is -2.33. The summed E-state index contributed by atoms with van der Waals surface area (Å²) in [5.74, 6) is -0.242. The molecule has 2 aromatic carbocycles. The molecule has 0 amide bonds. The van der Waals surface area contributed by atoms with Gasteiger partial charge in [0, 0.05) is 15.5 Å². The third kappa shape index (κ3) is 5.10. The minimum atomic E-state index is -0.242. The maximum Gasteiger partial charge on any atom is 0.123 e. The van der Waals surface area contributed by atoms with E-state index in [-0.39, 0.29) is 11.9 Å². The summed E-state index contributed by atoms with van der Waals surface area (Å²) >= 11 is 9.60. The zero-order valence-electron chi connectivity index (χ0n) is 11.9. The third-order valence-corrected chi connectivity index (χ3v) is 4.26. The second-order valence-electron chi connectivity index (χ2n) is 5.03. The molecule has 4 heteroatoms. The molecule has 0 aliphatic rings. The SMILES string of the molecule is CCNC(Cc1ccc(Br)cc1)Cc1cc(F)ccc1Cl. The van der Waals surface area contributed by atoms with Gasteiger partial charge in [-0.05, 0) is 60.8 Å². The highest BCUT2D eigenvalue weighted by Gasteiger charge is 2.12. The number of benzene rings is 2. The predicted octanol–water partition coefficient (Wildman–Crippen LogP) is 5.00. The number of likely N-dealkylation sites (N-methyl/N-ethyl adjacent to an activating group) is 1. The third-order valence-electron chi connectivity index (χ3n) is 3.36. The van der Waals surface area contributed by atoms with Crippen LogP contribution in [0.1, 0.15) is 18.1 Å². The molecule has 0 saturated heterocycles. The Kier molecular flexibility index (Phi) is 6.22. The summed E-state index contributed by atoms with van der Waals surface area (Å²) in [4.78, 5) is 0. The van der Waals surface area contributed by atoms with Crippen LogP contribution in [0.4, 0.5) is 4.39 Å². The zero-order valence-corrected chi connectivity index (χ0v) is 14.2. The van der Waals surface area contributed by atoms with Crippen LogP contribution in [0.15, 0.2) is 46.9 Å². The van der Waals surface area contributed by atoms with E-state index in [0.29, 0.717) is 11.4 Å². The molecular weight excluding hydrogens is 353 g/mol. The van der Waals surface area contributed by atoms with Crippen LogP contribution < -0.4 is 5.32 Å². The largest absolute Gasteiger partial charge is 0.314 e. The fraction of sp³-hybridized carbons (Fsp3) is 0.294. The van der Waals surface area contributed by atoms with Gasteiger partial charge in [-0.2, -0.15) is 0 Å². The molecule has 21 heavy (non-hydrogen) atoms. The van der Waals surface area contributed by atoms with Crippen LogP contribution in [-0.2, 0) is 12.8 Å². The van der Waals surface area contributed by atoms with E-state index >= 15 is 0 Å². The van der Waals surface area contributed by atoms with Gasteiger partial charge in [-0.1, -0.05) is 46.6 Å². The van der Waals surface area contributed by atoms with Crippen LogP contribution >= 0.6 is 27.5 Å². The van der Waals surface area contributed by atoms with Gasteiger partial charge < -0.3 is 5.32 Å². The first-order chi connectivity index (χ1) is 10.1. The summed E-state index contributed by atoms with van der Waals surface area (Å²) in [6.45, 7) is 2.94. The quantitative estimate of drug-likeness (QED) is 0.754. The fourth-order valence-corrected chi connectivity index (χ4v) is 2.83. The number of rotatable bonds is 6. The van der Waals surface area contributed by atoms with Crippen molar-refractivity contribution in [3.63, 3.8) is 0 Å². The number of nitrogens with one attached hydrogen (secondary N) is 1. The molecule has 0 aromatic heterocycles. The van der Waals surface area contributed by atoms with Crippen molar-refractivity contribution >= 4 is 27.5 Å². The molecule has 0 heterocycles. The van der Waals surface area contributed by atoms with E-state index in [1.807, 2.05) is 12.1 Å². The molecule has 0 fully saturated rings. The summed E-state index contributed by atoms with van der Waals surface area (Å²) in [6, 6.07) is 13.0. The average molecular weight is 371 g/mol. The van der Waals surface area contributed by atoms with Crippen molar-refractivity contribution in [2.24, 2.45) is 0 Å². The summed E-state index contributed by atoms with van der Waals surface area (Å²) in [6.07, 6.45) is 1.59. The van der Waals surface area contributed by atoms with Crippen molar-refractivity contribution in [1.82, 2.24) is 5.32 Å². The number of hydrogen-bond donors (Lipinski definition) is 1. The molecule has 0 saturated carbocycles. The normalized spacial score (nSPS) is 12.4. The minimum absolute atomic E-state index is 0.232. The second kappa shape index (κ2) is 7.92. The summed E-state index contributed by atoms with van der Waals surface area (Å²) in [5.41, 5.74) is 2.09. The lowest BCUT2D eigenvalue weighted by molar-refractivity contribution is 0.519. The topological polar surface area (TPSA) is 12.0 Å². The van der Waals surface area contributed by atoms with E-state index < -0.39 is 0 Å². The lowest BCUT2D eigenvalue weighted by atomic mass is 9.99. The molecule has 0 bridgehead atoms. The molecule has 112 valence electrons. The van der Waals surface area contributed by atoms with Crippen LogP contribution in [0.5, 0.6) is 0 Å². The Labute approximate surface area is 138 Å². The van der Waals surface area contributed by atoms with E-state index in [2.05, 4.69) is 40.3 Å². The van der Waals surface area contributed by atoms with Gasteiger partial charge in [-0.25, -0.2) is 4.39 Å². The summed E-state index contributed by atoms with van der Waals surface area (Å²) in [7, 11) is 0. The highest BCUT2D eigenvalue weighted by Crippen LogP contribution is 2.20. The van der Waals surface area contributed by atoms with Crippen LogP contribution in [-0.4, -0.2) is 12.6 Å². The van der Waals surface area contributed by atoms with Crippen molar-refractivity contribution in [2.45, 2.75) is 25.8 Å². The van der Waals surface area contributed by atoms with Gasteiger partial charge in [-0.3, -0.25) is 0 Å². The van der Waals surface area contributed by atoms with E-state index in [1.165, 1.54) is 17.7 Å². The molecule has 0 aliphatic carbocycles. The van der Waals surface area contributed by atoms with E-state index in [0.717, 1.165) is 23.0 Å². The summed E-state index contributed by atoms with van der Waals surface area (Å²) in [5, 5.41) is 4.07. The summed E-state index contributed by atoms with van der Waals surface area (Å²) < 4.78 is 14.4. The van der Waals surface area contributed by atoms with Gasteiger partial charge in [0.2, 0.25) is 0 Å². The van der Waals surface area contributed by atoms with Gasteiger partial charge in [0.1, 0.15) is 5.82 Å². The molecule has 0 radical (unpaired) electrons. The molecule has 0 aliphatic heterocycles. The number of halogens is 3. The van der Waals surface area contributed by atoms with Gasteiger partial charge in [0.25, 0.3) is 0 Å². The van der Waals surface area contributed by atoms with E-state index in [1.54, 1.807) is 6.07 Å². The van der Waals surface area contributed by atoms with Crippen molar-refractivity contribution in [3.8, 4) is 0 Å². The Morgan fingerprint density at radius 2 is 1.86 bits per heavy atom. The highest BCUT2D eigenvalue weighted by atomic mass is 79.9. The van der Waals surface area contributed by atoms with Crippen LogP contribution in [0.3, 0.4) is 0 Å². The standard InChI is InChI=1S/C17H18BrClFN/c1-2-21-16(9-12-3-5-14(18)6-4-12)11-13-10-15(20)7-8-17(13)19/h3-8,10,16,21H,2,9,11H2,1H3. The average Bonchev–Trinajstić information content (AvgIpc) is 2.45. The Balaban J connectivity index is 2.11. The Hall–Kier alpha value is -0.900. The monoisotopic (exact) mass is 369 g/mol. The van der Waals surface area contributed by atoms with E-state index in [4.69, 9.17) is 11.6 Å². The zero-order chi connectivity index (χ0) is 15.2. The first kappa shape index (κ1) is 16.5. The minimum Gasteiger partial charge on any atom is -0.314 e. The van der Waals surface area contributed by atoms with Crippen molar-refractivity contribution in [3.05, 3.63) is 68.9 Å². The lowest BCUT2D eigenvalue weighted by Gasteiger charge is -2.19. The molecular formula is C17H18BrClFN. The van der Waals surface area contributed by atoms with E-state index in [9.17, 15) is 4.39 Å². The molecule has 2 rings (SSSR count). The Bertz CT molecular complexity index is 586. The van der Waals surface area contributed by atoms with Crippen molar-refractivity contribution in [1.29, 1.82) is 0 Å². The van der Waals surface area contributed by atoms with Gasteiger partial charge >= 0.3 is 0 Å². The molecule has 1 nitrogen and oxygen atoms in total. The molecule has 1 unspecified atom stereocenters. The smallest absolute Gasteiger partial charge is 0.123 e. The van der Waals surface area contributed by atoms with Crippen molar-refractivity contribution in [2.75, 3.05) is 6.54 Å². The maximum absolute atomic E-state index is 13.4. The van der Waals surface area contributed by atoms with Gasteiger partial charge in [0.15, 0.2) is 0 Å². The molecule has 1 atom stereocenters. The molecule has 0 spiro atoms. The first-order valence-corrected chi connectivity index (χ1v) is 8.17. The van der Waals surface area contributed by atoms with Gasteiger partial charge in [0.05, 0.1) is 0 Å². The highest BCUT2D eigenvalue weighted by molar-refractivity contribution is 9.10. The second-order valence-corrected chi connectivity index (χ2v) is 6.35. The Morgan fingerprint density at radius 1 is 1.14 bits per heavy atom. The molecule has 2 aromatic rings. The maximum atomic E-state index is 13.4. The number of hydrogen-bond acceptors (Lipinski definition) is 1. The van der Waals surface area contributed by atoms with Crippen LogP contribution in [0.25, 0.3) is 0 Å².